The minimum Gasteiger partial charge on any atom is -0.460 e. The van der Waals surface area contributed by atoms with Gasteiger partial charge in [-0.1, -0.05) is 30.3 Å². The Bertz CT molecular complexity index is 1410. The number of anilines is 1. The van der Waals surface area contributed by atoms with E-state index in [0.717, 1.165) is 5.56 Å². The van der Waals surface area contributed by atoms with Crippen LogP contribution in [0.15, 0.2) is 68.9 Å². The average Bonchev–Trinajstić information content (AvgIpc) is 3.23. The van der Waals surface area contributed by atoms with Crippen LogP contribution in [0.25, 0.3) is 22.2 Å². The first-order valence-corrected chi connectivity index (χ1v) is 9.68. The average molecular weight is 427 g/mol. The van der Waals surface area contributed by atoms with Crippen LogP contribution >= 0.6 is 0 Å². The maximum atomic E-state index is 12.3. The fourth-order valence-electron chi connectivity index (χ4n) is 3.05. The topological polar surface area (TPSA) is 133 Å². The molecule has 0 saturated heterocycles. The Hall–Kier alpha value is -4.71. The molecule has 0 radical (unpaired) electrons. The summed E-state index contributed by atoms with van der Waals surface area (Å²) < 4.78 is 10.4. The Kier molecular flexibility index (Phi) is 5.76. The second kappa shape index (κ2) is 8.97. The van der Waals surface area contributed by atoms with Gasteiger partial charge in [0.2, 0.25) is 11.7 Å². The Morgan fingerprint density at radius 1 is 1.28 bits per heavy atom. The summed E-state index contributed by atoms with van der Waals surface area (Å²) in [6.45, 7) is 1.98. The third-order valence-electron chi connectivity index (χ3n) is 4.48. The Morgan fingerprint density at radius 2 is 2.09 bits per heavy atom. The number of nitrogens with one attached hydrogen (secondary N) is 2. The number of aromatic amines is 1. The summed E-state index contributed by atoms with van der Waals surface area (Å²) in [7, 11) is 0. The molecule has 0 unspecified atom stereocenters. The van der Waals surface area contributed by atoms with Crippen LogP contribution < -0.4 is 11.0 Å². The quantitative estimate of drug-likeness (QED) is 0.272. The lowest BCUT2D eigenvalue weighted by Crippen LogP contribution is -2.16. The van der Waals surface area contributed by atoms with Gasteiger partial charge in [-0.3, -0.25) is 9.78 Å². The number of ether oxygens (including phenoxy) is 1. The van der Waals surface area contributed by atoms with Crippen molar-refractivity contribution in [2.45, 2.75) is 6.92 Å². The number of esters is 1. The molecule has 158 valence electrons. The first-order valence-electron chi connectivity index (χ1n) is 9.68. The standard InChI is InChI=1S/C23H17N5O4/c1-2-31-22(30)19-11-16-10-14(8-9-18(16)32-19)13-25-28-23-26-20(15-6-4-3-5-7-15)17(12-24)21(29)27-23/h3-11,13H,2H2,1H3,(H2,26,27,28,29). The van der Waals surface area contributed by atoms with Crippen molar-refractivity contribution in [3.8, 4) is 17.3 Å². The minimum absolute atomic E-state index is 0.0754. The third kappa shape index (κ3) is 4.24. The van der Waals surface area contributed by atoms with Crippen LogP contribution in [-0.4, -0.2) is 28.8 Å². The van der Waals surface area contributed by atoms with Crippen molar-refractivity contribution >= 4 is 29.1 Å². The van der Waals surface area contributed by atoms with Crippen LogP contribution in [0.2, 0.25) is 0 Å². The molecule has 0 aliphatic carbocycles. The van der Waals surface area contributed by atoms with Crippen molar-refractivity contribution in [1.82, 2.24) is 9.97 Å². The minimum atomic E-state index is -0.564. The van der Waals surface area contributed by atoms with Crippen molar-refractivity contribution in [3.63, 3.8) is 0 Å². The number of benzene rings is 2. The van der Waals surface area contributed by atoms with Crippen LogP contribution in [0.3, 0.4) is 0 Å². The highest BCUT2D eigenvalue weighted by Gasteiger charge is 2.14. The number of H-pyrrole nitrogens is 1. The van der Waals surface area contributed by atoms with E-state index in [1.807, 2.05) is 12.1 Å². The maximum Gasteiger partial charge on any atom is 0.374 e. The molecule has 0 spiro atoms. The first kappa shape index (κ1) is 20.6. The molecular weight excluding hydrogens is 410 g/mol. The molecule has 0 saturated carbocycles. The van der Waals surface area contributed by atoms with Gasteiger partial charge in [-0.05, 0) is 36.8 Å². The molecule has 0 aliphatic heterocycles. The van der Waals surface area contributed by atoms with Gasteiger partial charge in [-0.2, -0.15) is 10.4 Å². The number of nitriles is 1. The number of nitrogens with zero attached hydrogens (tertiary/aromatic N) is 3. The number of carbonyl (C=O) groups is 1. The molecule has 0 amide bonds. The summed E-state index contributed by atoms with van der Waals surface area (Å²) in [5.41, 5.74) is 4.22. The van der Waals surface area contributed by atoms with E-state index >= 15 is 0 Å². The fourth-order valence-corrected chi connectivity index (χ4v) is 3.05. The van der Waals surface area contributed by atoms with Gasteiger partial charge in [-0.15, -0.1) is 0 Å². The zero-order valence-electron chi connectivity index (χ0n) is 17.0. The van der Waals surface area contributed by atoms with E-state index in [1.54, 1.807) is 55.5 Å². The first-order chi connectivity index (χ1) is 15.6. The van der Waals surface area contributed by atoms with E-state index in [-0.39, 0.29) is 29.6 Å². The number of rotatable bonds is 6. The van der Waals surface area contributed by atoms with Crippen LogP contribution in [0.4, 0.5) is 5.95 Å². The lowest BCUT2D eigenvalue weighted by atomic mass is 10.1. The lowest BCUT2D eigenvalue weighted by molar-refractivity contribution is 0.0492. The van der Waals surface area contributed by atoms with Gasteiger partial charge in [-0.25, -0.2) is 15.2 Å². The summed E-state index contributed by atoms with van der Waals surface area (Å²) in [6.07, 6.45) is 1.52. The normalized spacial score (nSPS) is 10.9. The number of aromatic nitrogens is 2. The smallest absolute Gasteiger partial charge is 0.374 e. The molecule has 2 aromatic heterocycles. The van der Waals surface area contributed by atoms with E-state index in [2.05, 4.69) is 20.5 Å². The molecule has 2 aromatic carbocycles. The van der Waals surface area contributed by atoms with E-state index in [9.17, 15) is 14.9 Å². The highest BCUT2D eigenvalue weighted by atomic mass is 16.5. The van der Waals surface area contributed by atoms with E-state index in [4.69, 9.17) is 9.15 Å². The van der Waals surface area contributed by atoms with Crippen molar-refractivity contribution in [2.24, 2.45) is 5.10 Å². The van der Waals surface area contributed by atoms with Crippen molar-refractivity contribution in [1.29, 1.82) is 5.26 Å². The Balaban J connectivity index is 1.57. The van der Waals surface area contributed by atoms with Gasteiger partial charge in [0.15, 0.2) is 0 Å². The highest BCUT2D eigenvalue weighted by molar-refractivity contribution is 5.94. The molecule has 0 fully saturated rings. The van der Waals surface area contributed by atoms with E-state index in [0.29, 0.717) is 16.5 Å². The zero-order valence-corrected chi connectivity index (χ0v) is 17.0. The second-order valence-electron chi connectivity index (χ2n) is 6.61. The predicted octanol–water partition coefficient (Wildman–Crippen LogP) is 3.68. The number of hydrazone groups is 1. The van der Waals surface area contributed by atoms with Gasteiger partial charge < -0.3 is 9.15 Å². The molecular formula is C23H17N5O4. The monoisotopic (exact) mass is 427 g/mol. The highest BCUT2D eigenvalue weighted by Crippen LogP contribution is 2.21. The van der Waals surface area contributed by atoms with E-state index in [1.165, 1.54) is 6.21 Å². The molecule has 4 aromatic rings. The number of furan rings is 1. The number of fused-ring (bicyclic) bond motifs is 1. The maximum absolute atomic E-state index is 12.3. The molecule has 0 aliphatic rings. The summed E-state index contributed by atoms with van der Waals surface area (Å²) in [5.74, 6) is -0.300. The SMILES string of the molecule is CCOC(=O)c1cc2cc(C=NNc3nc(-c4ccccc4)c(C#N)c(=O)[nH]3)ccc2o1. The van der Waals surface area contributed by atoms with Crippen LogP contribution in [-0.2, 0) is 4.74 Å². The largest absolute Gasteiger partial charge is 0.460 e. The van der Waals surface area contributed by atoms with Gasteiger partial charge in [0.05, 0.1) is 18.5 Å². The third-order valence-corrected chi connectivity index (χ3v) is 4.48. The van der Waals surface area contributed by atoms with Crippen molar-refractivity contribution < 1.29 is 13.9 Å². The summed E-state index contributed by atoms with van der Waals surface area (Å²) in [4.78, 5) is 30.9. The predicted molar refractivity (Wildman–Crippen MR) is 118 cm³/mol. The summed E-state index contributed by atoms with van der Waals surface area (Å²) >= 11 is 0. The van der Waals surface area contributed by atoms with Crippen molar-refractivity contribution in [2.75, 3.05) is 12.0 Å². The van der Waals surface area contributed by atoms with E-state index < -0.39 is 11.5 Å². The summed E-state index contributed by atoms with van der Waals surface area (Å²) in [5, 5.41) is 14.2. The number of carbonyl (C=O) groups excluding carboxylic acids is 1. The molecule has 9 heteroatoms. The molecule has 32 heavy (non-hydrogen) atoms. The van der Waals surface area contributed by atoms with Crippen LogP contribution in [0.5, 0.6) is 0 Å². The molecule has 4 rings (SSSR count). The van der Waals surface area contributed by atoms with Crippen LogP contribution in [0, 0.1) is 11.3 Å². The molecule has 9 nitrogen and oxygen atoms in total. The molecule has 0 bridgehead atoms. The second-order valence-corrected chi connectivity index (χ2v) is 6.61. The number of hydrogen-bond donors (Lipinski definition) is 2. The molecule has 2 heterocycles. The Morgan fingerprint density at radius 3 is 2.84 bits per heavy atom. The Labute approximate surface area is 182 Å². The van der Waals surface area contributed by atoms with Gasteiger partial charge in [0.25, 0.3) is 5.56 Å². The fraction of sp³-hybridized carbons (Fsp3) is 0.0870. The zero-order chi connectivity index (χ0) is 22.5. The summed E-state index contributed by atoms with van der Waals surface area (Å²) in [6, 6.07) is 17.7. The number of hydrogen-bond acceptors (Lipinski definition) is 8. The van der Waals surface area contributed by atoms with Gasteiger partial charge >= 0.3 is 5.97 Å². The van der Waals surface area contributed by atoms with Crippen molar-refractivity contribution in [3.05, 3.63) is 81.8 Å². The molecule has 0 atom stereocenters. The molecule has 2 N–H and O–H groups in total. The van der Waals surface area contributed by atoms with Gasteiger partial charge in [0.1, 0.15) is 17.2 Å². The lowest BCUT2D eigenvalue weighted by Gasteiger charge is -2.05. The van der Waals surface area contributed by atoms with Crippen LogP contribution in [0.1, 0.15) is 28.6 Å². The van der Waals surface area contributed by atoms with Gasteiger partial charge in [0, 0.05) is 10.9 Å².